The molecule has 19 heavy (non-hydrogen) atoms. The zero-order chi connectivity index (χ0) is 13.8. The number of carbonyl (C=O) groups excluding carboxylic acids is 1. The summed E-state index contributed by atoms with van der Waals surface area (Å²) in [7, 11) is 0. The van der Waals surface area contributed by atoms with Gasteiger partial charge in [0.1, 0.15) is 4.88 Å². The number of likely N-dealkylation sites (tertiary alicyclic amines) is 1. The summed E-state index contributed by atoms with van der Waals surface area (Å²) < 4.78 is 3.83. The molecule has 0 aromatic carbocycles. The van der Waals surface area contributed by atoms with Gasteiger partial charge in [-0.05, 0) is 36.7 Å². The molecule has 6 nitrogen and oxygen atoms in total. The predicted molar refractivity (Wildman–Crippen MR) is 70.2 cm³/mol. The zero-order valence-electron chi connectivity index (χ0n) is 10.8. The topological polar surface area (TPSA) is 83.4 Å². The van der Waals surface area contributed by atoms with Crippen molar-refractivity contribution in [1.82, 2.24) is 14.5 Å². The molecular formula is C12H17N3O3S. The fourth-order valence-corrected chi connectivity index (χ4v) is 3.13. The third-order valence-electron chi connectivity index (χ3n) is 3.35. The number of aromatic nitrogens is 2. The Balaban J connectivity index is 2.05. The molecular weight excluding hydrogens is 266 g/mol. The Morgan fingerprint density at radius 3 is 3.00 bits per heavy atom. The highest BCUT2D eigenvalue weighted by Gasteiger charge is 2.28. The summed E-state index contributed by atoms with van der Waals surface area (Å²) >= 11 is 1.12. The molecule has 0 bridgehead atoms. The van der Waals surface area contributed by atoms with Crippen LogP contribution in [0.4, 0.5) is 0 Å². The van der Waals surface area contributed by atoms with Crippen LogP contribution < -0.4 is 0 Å². The highest BCUT2D eigenvalue weighted by molar-refractivity contribution is 7.08. The lowest BCUT2D eigenvalue weighted by atomic mass is 9.94. The van der Waals surface area contributed by atoms with Crippen molar-refractivity contribution in [2.45, 2.75) is 32.6 Å². The molecule has 1 N–H and O–H groups in total. The molecule has 7 heteroatoms. The third-order valence-corrected chi connectivity index (χ3v) is 4.11. The molecule has 1 aromatic heterocycles. The average Bonchev–Trinajstić information content (AvgIpc) is 2.85. The predicted octanol–water partition coefficient (Wildman–Crippen LogP) is 1.43. The number of hydrogen-bond acceptors (Lipinski definition) is 5. The van der Waals surface area contributed by atoms with Gasteiger partial charge in [-0.1, -0.05) is 11.4 Å². The van der Waals surface area contributed by atoms with Crippen LogP contribution in [0.3, 0.4) is 0 Å². The largest absolute Gasteiger partial charge is 0.481 e. The summed E-state index contributed by atoms with van der Waals surface area (Å²) in [6, 6.07) is 0. The SMILES string of the molecule is CCc1nnsc1C(=O)N1CCCC(CC(=O)O)C1. The first-order valence-corrected chi connectivity index (χ1v) is 7.21. The maximum Gasteiger partial charge on any atom is 0.303 e. The van der Waals surface area contributed by atoms with Gasteiger partial charge in [0.2, 0.25) is 0 Å². The number of hydrogen-bond donors (Lipinski definition) is 1. The standard InChI is InChI=1S/C12H17N3O3S/c1-2-9-11(19-14-13-9)12(18)15-5-3-4-8(7-15)6-10(16)17/h8H,2-7H2,1H3,(H,16,17). The van der Waals surface area contributed by atoms with Crippen LogP contribution in [0, 0.1) is 5.92 Å². The zero-order valence-corrected chi connectivity index (χ0v) is 11.7. The van der Waals surface area contributed by atoms with Gasteiger partial charge in [0, 0.05) is 19.5 Å². The Morgan fingerprint density at radius 1 is 1.53 bits per heavy atom. The number of amides is 1. The maximum absolute atomic E-state index is 12.4. The third kappa shape index (κ3) is 3.28. The minimum Gasteiger partial charge on any atom is -0.481 e. The van der Waals surface area contributed by atoms with Crippen LogP contribution in [-0.2, 0) is 11.2 Å². The second kappa shape index (κ2) is 6.10. The van der Waals surface area contributed by atoms with Gasteiger partial charge in [0.15, 0.2) is 0 Å². The average molecular weight is 283 g/mol. The van der Waals surface area contributed by atoms with E-state index in [2.05, 4.69) is 9.59 Å². The molecule has 0 spiro atoms. The molecule has 1 fully saturated rings. The van der Waals surface area contributed by atoms with Crippen molar-refractivity contribution in [3.05, 3.63) is 10.6 Å². The van der Waals surface area contributed by atoms with E-state index >= 15 is 0 Å². The number of carboxylic acids is 1. The summed E-state index contributed by atoms with van der Waals surface area (Å²) in [6.07, 6.45) is 2.55. The summed E-state index contributed by atoms with van der Waals surface area (Å²) in [5.41, 5.74) is 0.732. The number of nitrogens with zero attached hydrogens (tertiary/aromatic N) is 3. The molecule has 0 saturated carbocycles. The first-order valence-electron chi connectivity index (χ1n) is 6.44. The monoisotopic (exact) mass is 283 g/mol. The number of piperidine rings is 1. The molecule has 0 radical (unpaired) electrons. The van der Waals surface area contributed by atoms with Gasteiger partial charge in [0.25, 0.3) is 5.91 Å². The van der Waals surface area contributed by atoms with Crippen molar-refractivity contribution in [2.24, 2.45) is 5.92 Å². The molecule has 1 aliphatic heterocycles. The summed E-state index contributed by atoms with van der Waals surface area (Å²) in [6.45, 7) is 3.15. The number of carboxylic acid groups (broad SMARTS) is 1. The van der Waals surface area contributed by atoms with Crippen LogP contribution in [0.5, 0.6) is 0 Å². The second-order valence-corrected chi connectivity index (χ2v) is 5.51. The fourth-order valence-electron chi connectivity index (χ4n) is 2.41. The maximum atomic E-state index is 12.4. The summed E-state index contributed by atoms with van der Waals surface area (Å²) in [5.74, 6) is -0.795. The fraction of sp³-hybridized carbons (Fsp3) is 0.667. The number of rotatable bonds is 4. The first-order chi connectivity index (χ1) is 9.11. The van der Waals surface area contributed by atoms with Crippen LogP contribution in [0.1, 0.15) is 41.6 Å². The molecule has 1 atom stereocenters. The second-order valence-electron chi connectivity index (χ2n) is 4.76. The first kappa shape index (κ1) is 13.9. The van der Waals surface area contributed by atoms with Crippen LogP contribution in [0.2, 0.25) is 0 Å². The lowest BCUT2D eigenvalue weighted by Crippen LogP contribution is -2.40. The van der Waals surface area contributed by atoms with Gasteiger partial charge in [-0.25, -0.2) is 0 Å². The van der Waals surface area contributed by atoms with E-state index < -0.39 is 5.97 Å². The van der Waals surface area contributed by atoms with Crippen molar-refractivity contribution in [1.29, 1.82) is 0 Å². The number of aliphatic carboxylic acids is 1. The van der Waals surface area contributed by atoms with Gasteiger partial charge in [-0.15, -0.1) is 5.10 Å². The Kier molecular flexibility index (Phi) is 4.47. The van der Waals surface area contributed by atoms with E-state index in [1.165, 1.54) is 0 Å². The van der Waals surface area contributed by atoms with Crippen molar-refractivity contribution in [2.75, 3.05) is 13.1 Å². The molecule has 1 aromatic rings. The number of carbonyl (C=O) groups is 2. The van der Waals surface area contributed by atoms with Crippen molar-refractivity contribution >= 4 is 23.4 Å². The summed E-state index contributed by atoms with van der Waals surface area (Å²) in [5, 5.41) is 12.8. The molecule has 1 saturated heterocycles. The highest BCUT2D eigenvalue weighted by atomic mass is 32.1. The molecule has 104 valence electrons. The van der Waals surface area contributed by atoms with Crippen LogP contribution in [0.15, 0.2) is 0 Å². The molecule has 2 rings (SSSR count). The molecule has 0 aliphatic carbocycles. The van der Waals surface area contributed by atoms with Gasteiger partial charge < -0.3 is 10.0 Å². The molecule has 2 heterocycles. The van der Waals surface area contributed by atoms with Crippen molar-refractivity contribution < 1.29 is 14.7 Å². The van der Waals surface area contributed by atoms with Crippen LogP contribution in [-0.4, -0.2) is 44.6 Å². The van der Waals surface area contributed by atoms with Crippen molar-refractivity contribution in [3.8, 4) is 0 Å². The van der Waals surface area contributed by atoms with E-state index in [9.17, 15) is 9.59 Å². The molecule has 1 aliphatic rings. The Labute approximate surface area is 115 Å². The molecule has 1 unspecified atom stereocenters. The highest BCUT2D eigenvalue weighted by Crippen LogP contribution is 2.23. The quantitative estimate of drug-likeness (QED) is 0.903. The Hall–Kier alpha value is -1.50. The Bertz CT molecular complexity index is 475. The van der Waals surface area contributed by atoms with Gasteiger partial charge in [-0.2, -0.15) is 0 Å². The van der Waals surface area contributed by atoms with Crippen LogP contribution >= 0.6 is 11.5 Å². The number of aryl methyl sites for hydroxylation is 1. The minimum atomic E-state index is -0.798. The minimum absolute atomic E-state index is 0.0538. The van der Waals surface area contributed by atoms with E-state index in [1.54, 1.807) is 4.90 Å². The lowest BCUT2D eigenvalue weighted by Gasteiger charge is -2.31. The van der Waals surface area contributed by atoms with Crippen molar-refractivity contribution in [3.63, 3.8) is 0 Å². The van der Waals surface area contributed by atoms with E-state index in [-0.39, 0.29) is 18.2 Å². The van der Waals surface area contributed by atoms with E-state index in [1.807, 2.05) is 6.92 Å². The van der Waals surface area contributed by atoms with E-state index in [4.69, 9.17) is 5.11 Å². The van der Waals surface area contributed by atoms with Crippen LogP contribution in [0.25, 0.3) is 0 Å². The van der Waals surface area contributed by atoms with E-state index in [0.717, 1.165) is 30.1 Å². The van der Waals surface area contributed by atoms with Gasteiger partial charge >= 0.3 is 5.97 Å². The molecule has 1 amide bonds. The smallest absolute Gasteiger partial charge is 0.303 e. The van der Waals surface area contributed by atoms with Gasteiger partial charge in [-0.3, -0.25) is 9.59 Å². The van der Waals surface area contributed by atoms with Gasteiger partial charge in [0.05, 0.1) is 5.69 Å². The van der Waals surface area contributed by atoms with E-state index in [0.29, 0.717) is 24.4 Å². The Morgan fingerprint density at radius 2 is 2.32 bits per heavy atom. The summed E-state index contributed by atoms with van der Waals surface area (Å²) in [4.78, 5) is 25.5. The lowest BCUT2D eigenvalue weighted by molar-refractivity contribution is -0.138. The normalized spacial score (nSPS) is 19.4.